The standard InChI is InChI=1S/C9H18N2O2S/c1-4-5-10-8(12)6(2)11-9(13)7(3)14/h6-7,14H,4-5H2,1-3H3,(H,10,12)(H,11,13). The van der Waals surface area contributed by atoms with E-state index in [-0.39, 0.29) is 11.8 Å². The molecule has 0 saturated carbocycles. The van der Waals surface area contributed by atoms with Gasteiger partial charge in [0.25, 0.3) is 0 Å². The van der Waals surface area contributed by atoms with Crippen molar-refractivity contribution in [3.8, 4) is 0 Å². The van der Waals surface area contributed by atoms with Crippen LogP contribution in [0.2, 0.25) is 0 Å². The first-order chi connectivity index (χ1) is 6.49. The van der Waals surface area contributed by atoms with Gasteiger partial charge in [-0.3, -0.25) is 9.59 Å². The quantitative estimate of drug-likeness (QED) is 0.583. The highest BCUT2D eigenvalue weighted by molar-refractivity contribution is 7.81. The Labute approximate surface area is 90.2 Å². The number of nitrogens with one attached hydrogen (secondary N) is 2. The molecular formula is C9H18N2O2S. The van der Waals surface area contributed by atoms with Crippen LogP contribution in [-0.4, -0.2) is 29.7 Å². The van der Waals surface area contributed by atoms with Crippen molar-refractivity contribution in [3.05, 3.63) is 0 Å². The summed E-state index contributed by atoms with van der Waals surface area (Å²) >= 11 is 3.96. The van der Waals surface area contributed by atoms with Crippen LogP contribution in [0.4, 0.5) is 0 Å². The highest BCUT2D eigenvalue weighted by Gasteiger charge is 2.16. The third kappa shape index (κ3) is 5.11. The number of rotatable bonds is 5. The summed E-state index contributed by atoms with van der Waals surface area (Å²) in [7, 11) is 0. The predicted molar refractivity (Wildman–Crippen MR) is 59.4 cm³/mol. The number of amides is 2. The molecule has 0 aliphatic carbocycles. The second-order valence-corrected chi connectivity index (χ2v) is 3.97. The molecule has 2 N–H and O–H groups in total. The van der Waals surface area contributed by atoms with Gasteiger partial charge in [-0.15, -0.1) is 0 Å². The van der Waals surface area contributed by atoms with Crippen molar-refractivity contribution in [2.24, 2.45) is 0 Å². The maximum atomic E-state index is 11.3. The minimum Gasteiger partial charge on any atom is -0.354 e. The Morgan fingerprint density at radius 1 is 1.29 bits per heavy atom. The van der Waals surface area contributed by atoms with E-state index < -0.39 is 11.3 Å². The molecule has 2 atom stereocenters. The average molecular weight is 218 g/mol. The summed E-state index contributed by atoms with van der Waals surface area (Å²) in [6.07, 6.45) is 0.884. The first kappa shape index (κ1) is 13.3. The molecule has 2 unspecified atom stereocenters. The number of carbonyl (C=O) groups excluding carboxylic acids is 2. The summed E-state index contributed by atoms with van der Waals surface area (Å²) in [6, 6.07) is -0.497. The first-order valence-corrected chi connectivity index (χ1v) is 5.26. The molecule has 4 nitrogen and oxygen atoms in total. The van der Waals surface area contributed by atoms with Crippen molar-refractivity contribution in [2.75, 3.05) is 6.54 Å². The van der Waals surface area contributed by atoms with Gasteiger partial charge >= 0.3 is 0 Å². The van der Waals surface area contributed by atoms with E-state index in [2.05, 4.69) is 23.3 Å². The molecule has 14 heavy (non-hydrogen) atoms. The molecular weight excluding hydrogens is 200 g/mol. The molecule has 2 amide bonds. The van der Waals surface area contributed by atoms with Gasteiger partial charge in [0.2, 0.25) is 11.8 Å². The Bertz CT molecular complexity index is 207. The largest absolute Gasteiger partial charge is 0.354 e. The molecule has 82 valence electrons. The topological polar surface area (TPSA) is 58.2 Å². The zero-order chi connectivity index (χ0) is 11.1. The van der Waals surface area contributed by atoms with Crippen LogP contribution < -0.4 is 10.6 Å². The number of carbonyl (C=O) groups is 2. The second-order valence-electron chi connectivity index (χ2n) is 3.20. The van der Waals surface area contributed by atoms with Crippen LogP contribution in [0.3, 0.4) is 0 Å². The molecule has 0 heterocycles. The van der Waals surface area contributed by atoms with E-state index in [4.69, 9.17) is 0 Å². The SMILES string of the molecule is CCCNC(=O)C(C)NC(=O)C(C)S. The molecule has 0 saturated heterocycles. The smallest absolute Gasteiger partial charge is 0.242 e. The lowest BCUT2D eigenvalue weighted by Crippen LogP contribution is -2.46. The summed E-state index contributed by atoms with van der Waals surface area (Å²) in [6.45, 7) is 5.92. The van der Waals surface area contributed by atoms with E-state index in [1.165, 1.54) is 0 Å². The van der Waals surface area contributed by atoms with Gasteiger partial charge in [-0.1, -0.05) is 6.92 Å². The monoisotopic (exact) mass is 218 g/mol. The van der Waals surface area contributed by atoms with Crippen molar-refractivity contribution >= 4 is 24.4 Å². The summed E-state index contributed by atoms with van der Waals surface area (Å²) in [4.78, 5) is 22.5. The molecule has 0 aromatic carbocycles. The van der Waals surface area contributed by atoms with E-state index in [1.807, 2.05) is 6.92 Å². The second kappa shape index (κ2) is 6.70. The highest BCUT2D eigenvalue weighted by atomic mass is 32.1. The zero-order valence-electron chi connectivity index (χ0n) is 8.83. The van der Waals surface area contributed by atoms with E-state index in [0.29, 0.717) is 6.54 Å². The van der Waals surface area contributed by atoms with Gasteiger partial charge in [-0.25, -0.2) is 0 Å². The third-order valence-electron chi connectivity index (χ3n) is 1.68. The fourth-order valence-electron chi connectivity index (χ4n) is 0.801. The Morgan fingerprint density at radius 3 is 2.29 bits per heavy atom. The van der Waals surface area contributed by atoms with Gasteiger partial charge in [0, 0.05) is 6.54 Å². The van der Waals surface area contributed by atoms with Crippen molar-refractivity contribution in [1.29, 1.82) is 0 Å². The Hall–Kier alpha value is -0.710. The Balaban J connectivity index is 3.89. The third-order valence-corrected chi connectivity index (χ3v) is 1.92. The van der Waals surface area contributed by atoms with Crippen LogP contribution in [0.15, 0.2) is 0 Å². The van der Waals surface area contributed by atoms with Gasteiger partial charge in [0.15, 0.2) is 0 Å². The van der Waals surface area contributed by atoms with E-state index in [0.717, 1.165) is 6.42 Å². The number of hydrogen-bond acceptors (Lipinski definition) is 3. The fraction of sp³-hybridized carbons (Fsp3) is 0.778. The van der Waals surface area contributed by atoms with Crippen LogP contribution in [0.5, 0.6) is 0 Å². The fourth-order valence-corrected chi connectivity index (χ4v) is 0.875. The molecule has 0 bridgehead atoms. The van der Waals surface area contributed by atoms with Crippen molar-refractivity contribution in [2.45, 2.75) is 38.5 Å². The maximum Gasteiger partial charge on any atom is 0.242 e. The van der Waals surface area contributed by atoms with Crippen LogP contribution in [0, 0.1) is 0 Å². The van der Waals surface area contributed by atoms with Crippen LogP contribution in [-0.2, 0) is 9.59 Å². The molecule has 0 radical (unpaired) electrons. The van der Waals surface area contributed by atoms with Crippen molar-refractivity contribution in [1.82, 2.24) is 10.6 Å². The summed E-state index contributed by atoms with van der Waals surface area (Å²) < 4.78 is 0. The molecule has 0 spiro atoms. The lowest BCUT2D eigenvalue weighted by atomic mass is 10.3. The summed E-state index contributed by atoms with van der Waals surface area (Å²) in [5.41, 5.74) is 0. The van der Waals surface area contributed by atoms with Gasteiger partial charge in [-0.05, 0) is 20.3 Å². The maximum absolute atomic E-state index is 11.3. The summed E-state index contributed by atoms with van der Waals surface area (Å²) in [5.74, 6) is -0.387. The normalized spacial score (nSPS) is 14.3. The molecule has 0 aliphatic heterocycles. The van der Waals surface area contributed by atoms with Crippen LogP contribution in [0.1, 0.15) is 27.2 Å². The van der Waals surface area contributed by atoms with Crippen LogP contribution >= 0.6 is 12.6 Å². The number of thiol groups is 1. The molecule has 0 aliphatic rings. The number of hydrogen-bond donors (Lipinski definition) is 3. The summed E-state index contributed by atoms with van der Waals surface area (Å²) in [5, 5.41) is 4.87. The van der Waals surface area contributed by atoms with Crippen molar-refractivity contribution in [3.63, 3.8) is 0 Å². The minimum absolute atomic E-state index is 0.158. The molecule has 0 aromatic heterocycles. The van der Waals surface area contributed by atoms with E-state index >= 15 is 0 Å². The predicted octanol–water partition coefficient (Wildman–Crippen LogP) is 0.336. The molecule has 5 heteroatoms. The van der Waals surface area contributed by atoms with Crippen molar-refractivity contribution < 1.29 is 9.59 Å². The lowest BCUT2D eigenvalue weighted by Gasteiger charge is -2.14. The average Bonchev–Trinajstić information content (AvgIpc) is 2.13. The van der Waals surface area contributed by atoms with Gasteiger partial charge in [0.1, 0.15) is 6.04 Å². The lowest BCUT2D eigenvalue weighted by molar-refractivity contribution is -0.128. The Morgan fingerprint density at radius 2 is 1.86 bits per heavy atom. The molecule has 0 aromatic rings. The minimum atomic E-state index is -0.497. The highest BCUT2D eigenvalue weighted by Crippen LogP contribution is 1.93. The van der Waals surface area contributed by atoms with Crippen LogP contribution in [0.25, 0.3) is 0 Å². The molecule has 0 rings (SSSR count). The van der Waals surface area contributed by atoms with Gasteiger partial charge < -0.3 is 10.6 Å². The van der Waals surface area contributed by atoms with E-state index in [1.54, 1.807) is 13.8 Å². The first-order valence-electron chi connectivity index (χ1n) is 4.75. The Kier molecular flexibility index (Phi) is 6.36. The zero-order valence-corrected chi connectivity index (χ0v) is 9.73. The van der Waals surface area contributed by atoms with Gasteiger partial charge in [-0.2, -0.15) is 12.6 Å². The van der Waals surface area contributed by atoms with Gasteiger partial charge in [0.05, 0.1) is 5.25 Å². The molecule has 0 fully saturated rings. The van der Waals surface area contributed by atoms with E-state index in [9.17, 15) is 9.59 Å².